The predicted octanol–water partition coefficient (Wildman–Crippen LogP) is 2.68. The quantitative estimate of drug-likeness (QED) is 0.282. The van der Waals surface area contributed by atoms with Gasteiger partial charge in [0.05, 0.1) is 23.4 Å². The van der Waals surface area contributed by atoms with Gasteiger partial charge >= 0.3 is 17.3 Å². The third kappa shape index (κ3) is 5.39. The van der Waals surface area contributed by atoms with Crippen LogP contribution in [-0.4, -0.2) is 36.1 Å². The van der Waals surface area contributed by atoms with E-state index in [1.54, 1.807) is 6.07 Å². The molecule has 2 aromatic rings. The number of benzene rings is 2. The Morgan fingerprint density at radius 1 is 0.926 bits per heavy atom. The standard InChI is InChI=1S/C17H16N2O8/c1-25-17(20)11-12-6-7-16(14(10-12)19(23)24)27-9-8-26-15-5-3-2-4-13(15)18(21)22/h2-7,10H,8-9,11H2,1H3. The average Bonchev–Trinajstić information content (AvgIpc) is 2.65. The lowest BCUT2D eigenvalue weighted by molar-refractivity contribution is -0.386. The van der Waals surface area contributed by atoms with Gasteiger partial charge in [0.1, 0.15) is 13.2 Å². The number of hydrogen-bond acceptors (Lipinski definition) is 8. The molecule has 2 rings (SSSR count). The smallest absolute Gasteiger partial charge is 0.311 e. The minimum Gasteiger partial charge on any atom is -0.483 e. The Morgan fingerprint density at radius 2 is 1.52 bits per heavy atom. The van der Waals surface area contributed by atoms with Gasteiger partial charge in [-0.1, -0.05) is 18.2 Å². The minimum absolute atomic E-state index is 0.000206. The first-order chi connectivity index (χ1) is 12.9. The number of nitrogens with zero attached hydrogens (tertiary/aromatic N) is 2. The number of para-hydroxylation sites is 2. The molecule has 0 heterocycles. The zero-order chi connectivity index (χ0) is 19.8. The van der Waals surface area contributed by atoms with Gasteiger partial charge in [-0.25, -0.2) is 0 Å². The van der Waals surface area contributed by atoms with Crippen molar-refractivity contribution in [2.24, 2.45) is 0 Å². The van der Waals surface area contributed by atoms with E-state index in [4.69, 9.17) is 9.47 Å². The summed E-state index contributed by atoms with van der Waals surface area (Å²) < 4.78 is 15.2. The van der Waals surface area contributed by atoms with Gasteiger partial charge in [0.2, 0.25) is 0 Å². The Morgan fingerprint density at radius 3 is 2.11 bits per heavy atom. The first-order valence-corrected chi connectivity index (χ1v) is 7.75. The van der Waals surface area contributed by atoms with E-state index in [0.717, 1.165) is 0 Å². The second kappa shape index (κ2) is 9.13. The summed E-state index contributed by atoms with van der Waals surface area (Å²) >= 11 is 0. The maximum Gasteiger partial charge on any atom is 0.311 e. The van der Waals surface area contributed by atoms with Crippen LogP contribution in [0.1, 0.15) is 5.56 Å². The molecule has 10 nitrogen and oxygen atoms in total. The normalized spacial score (nSPS) is 10.1. The molecule has 27 heavy (non-hydrogen) atoms. The van der Waals surface area contributed by atoms with E-state index in [0.29, 0.717) is 5.56 Å². The Hall–Kier alpha value is -3.69. The summed E-state index contributed by atoms with van der Waals surface area (Å²) in [6.45, 7) is -0.116. The number of nitro benzene ring substituents is 2. The molecule has 0 amide bonds. The molecule has 0 N–H and O–H groups in total. The fourth-order valence-corrected chi connectivity index (χ4v) is 2.21. The molecule has 0 aliphatic heterocycles. The van der Waals surface area contributed by atoms with E-state index in [2.05, 4.69) is 4.74 Å². The third-order valence-electron chi connectivity index (χ3n) is 3.46. The molecular formula is C17H16N2O8. The second-order valence-electron chi connectivity index (χ2n) is 5.23. The van der Waals surface area contributed by atoms with E-state index in [1.807, 2.05) is 0 Å². The van der Waals surface area contributed by atoms with Gasteiger partial charge in [0, 0.05) is 12.1 Å². The molecule has 0 aromatic heterocycles. The largest absolute Gasteiger partial charge is 0.483 e. The lowest BCUT2D eigenvalue weighted by Crippen LogP contribution is -2.11. The summed E-state index contributed by atoms with van der Waals surface area (Å²) in [6.07, 6.45) is -0.0988. The van der Waals surface area contributed by atoms with Crippen molar-refractivity contribution in [3.63, 3.8) is 0 Å². The molecule has 142 valence electrons. The number of nitro groups is 2. The zero-order valence-corrected chi connectivity index (χ0v) is 14.3. The molecule has 0 bridgehead atoms. The SMILES string of the molecule is COC(=O)Cc1ccc(OCCOc2ccccc2[N+](=O)[O-])c([N+](=O)[O-])c1. The van der Waals surface area contributed by atoms with E-state index < -0.39 is 15.8 Å². The zero-order valence-electron chi connectivity index (χ0n) is 14.3. The molecule has 0 saturated heterocycles. The average molecular weight is 376 g/mol. The van der Waals surface area contributed by atoms with Crippen molar-refractivity contribution in [1.29, 1.82) is 0 Å². The van der Waals surface area contributed by atoms with Gasteiger partial charge in [-0.15, -0.1) is 0 Å². The summed E-state index contributed by atoms with van der Waals surface area (Å²) in [4.78, 5) is 32.2. The van der Waals surface area contributed by atoms with Crippen LogP contribution in [0, 0.1) is 20.2 Å². The molecule has 0 spiro atoms. The first kappa shape index (κ1) is 19.6. The summed E-state index contributed by atoms with van der Waals surface area (Å²) in [6, 6.07) is 9.98. The Kier molecular flexibility index (Phi) is 6.64. The first-order valence-electron chi connectivity index (χ1n) is 7.75. The highest BCUT2D eigenvalue weighted by molar-refractivity contribution is 5.73. The molecule has 0 atom stereocenters. The van der Waals surface area contributed by atoms with Gasteiger partial charge < -0.3 is 14.2 Å². The second-order valence-corrected chi connectivity index (χ2v) is 5.23. The Bertz CT molecular complexity index is 853. The number of esters is 1. The number of carbonyl (C=O) groups excluding carboxylic acids is 1. The Labute approximate surface area is 153 Å². The van der Waals surface area contributed by atoms with Crippen LogP contribution in [0.15, 0.2) is 42.5 Å². The fraction of sp³-hybridized carbons (Fsp3) is 0.235. The maximum absolute atomic E-state index is 11.3. The monoisotopic (exact) mass is 376 g/mol. The van der Waals surface area contributed by atoms with Crippen molar-refractivity contribution in [2.75, 3.05) is 20.3 Å². The molecule has 10 heteroatoms. The third-order valence-corrected chi connectivity index (χ3v) is 3.46. The molecular weight excluding hydrogens is 360 g/mol. The molecule has 0 aliphatic carbocycles. The molecule has 0 radical (unpaired) electrons. The van der Waals surface area contributed by atoms with Crippen LogP contribution in [0.3, 0.4) is 0 Å². The molecule has 0 fully saturated rings. The number of ether oxygens (including phenoxy) is 3. The van der Waals surface area contributed by atoms with Gasteiger partial charge in [-0.05, 0) is 17.7 Å². The van der Waals surface area contributed by atoms with Crippen LogP contribution in [-0.2, 0) is 16.0 Å². The van der Waals surface area contributed by atoms with Crippen molar-refractivity contribution in [3.8, 4) is 11.5 Å². The van der Waals surface area contributed by atoms with E-state index in [-0.39, 0.29) is 42.5 Å². The van der Waals surface area contributed by atoms with Crippen molar-refractivity contribution in [2.45, 2.75) is 6.42 Å². The molecule has 0 saturated carbocycles. The molecule has 0 unspecified atom stereocenters. The topological polar surface area (TPSA) is 131 Å². The van der Waals surface area contributed by atoms with Crippen LogP contribution in [0.4, 0.5) is 11.4 Å². The minimum atomic E-state index is -0.626. The van der Waals surface area contributed by atoms with E-state index in [9.17, 15) is 25.0 Å². The van der Waals surface area contributed by atoms with Gasteiger partial charge in [0.15, 0.2) is 11.5 Å². The van der Waals surface area contributed by atoms with E-state index >= 15 is 0 Å². The highest BCUT2D eigenvalue weighted by Gasteiger charge is 2.18. The predicted molar refractivity (Wildman–Crippen MR) is 92.9 cm³/mol. The van der Waals surface area contributed by atoms with Crippen LogP contribution in [0.25, 0.3) is 0 Å². The van der Waals surface area contributed by atoms with Gasteiger partial charge in [-0.2, -0.15) is 0 Å². The summed E-state index contributed by atoms with van der Waals surface area (Å²) in [7, 11) is 1.23. The van der Waals surface area contributed by atoms with Gasteiger partial charge in [-0.3, -0.25) is 25.0 Å². The van der Waals surface area contributed by atoms with E-state index in [1.165, 1.54) is 43.5 Å². The highest BCUT2D eigenvalue weighted by atomic mass is 16.6. The number of carbonyl (C=O) groups is 1. The van der Waals surface area contributed by atoms with Gasteiger partial charge in [0.25, 0.3) is 0 Å². The molecule has 0 aliphatic rings. The summed E-state index contributed by atoms with van der Waals surface area (Å²) in [5, 5.41) is 22.1. The van der Waals surface area contributed by atoms with Crippen LogP contribution in [0.2, 0.25) is 0 Å². The number of hydrogen-bond donors (Lipinski definition) is 0. The maximum atomic E-state index is 11.3. The fourth-order valence-electron chi connectivity index (χ4n) is 2.21. The highest BCUT2D eigenvalue weighted by Crippen LogP contribution is 2.29. The van der Waals surface area contributed by atoms with Crippen molar-refractivity contribution < 1.29 is 28.9 Å². The van der Waals surface area contributed by atoms with Crippen molar-refractivity contribution >= 4 is 17.3 Å². The summed E-state index contributed by atoms with van der Waals surface area (Å²) in [5.41, 5.74) is -0.0743. The number of rotatable bonds is 9. The summed E-state index contributed by atoms with van der Waals surface area (Å²) in [5.74, 6) is -0.440. The van der Waals surface area contributed by atoms with Crippen LogP contribution in [0.5, 0.6) is 11.5 Å². The Balaban J connectivity index is 2.00. The number of methoxy groups -OCH3 is 1. The van der Waals surface area contributed by atoms with Crippen molar-refractivity contribution in [3.05, 3.63) is 68.3 Å². The van der Waals surface area contributed by atoms with Crippen LogP contribution < -0.4 is 9.47 Å². The lowest BCUT2D eigenvalue weighted by Gasteiger charge is -2.09. The lowest BCUT2D eigenvalue weighted by atomic mass is 10.1. The van der Waals surface area contributed by atoms with Crippen molar-refractivity contribution in [1.82, 2.24) is 0 Å². The van der Waals surface area contributed by atoms with Crippen LogP contribution >= 0.6 is 0 Å². The molecule has 2 aromatic carbocycles.